The van der Waals surface area contributed by atoms with Gasteiger partial charge in [-0.05, 0) is 29.2 Å². The lowest BCUT2D eigenvalue weighted by atomic mass is 10.0. The molecule has 0 aliphatic rings. The van der Waals surface area contributed by atoms with Crippen molar-refractivity contribution >= 4 is 6.08 Å². The highest BCUT2D eigenvalue weighted by Gasteiger charge is 1.96. The monoisotopic (exact) mass is 222 g/mol. The number of hydrogen-bond donors (Lipinski definition) is 0. The van der Waals surface area contributed by atoms with Gasteiger partial charge in [0.15, 0.2) is 0 Å². The molecule has 0 N–H and O–H groups in total. The van der Waals surface area contributed by atoms with Crippen LogP contribution in [-0.2, 0) is 0 Å². The van der Waals surface area contributed by atoms with Crippen LogP contribution in [0.5, 0.6) is 0 Å². The first-order valence-corrected chi connectivity index (χ1v) is 6.22. The second kappa shape index (κ2) is 6.05. The minimum Gasteiger partial charge on any atom is -0.0840 e. The van der Waals surface area contributed by atoms with Crippen molar-refractivity contribution in [2.75, 3.05) is 0 Å². The van der Waals surface area contributed by atoms with Gasteiger partial charge in [-0.25, -0.2) is 0 Å². The average molecular weight is 222 g/mol. The van der Waals surface area contributed by atoms with Gasteiger partial charge in [0.1, 0.15) is 0 Å². The standard InChI is InChI=1S/C17H18/c1-2-3-5-9-15-10-8-13-17(14-15)16-11-6-4-7-12-16/h4-14H,2-3H2,1H3/b9-5-. The summed E-state index contributed by atoms with van der Waals surface area (Å²) in [5.41, 5.74) is 3.84. The zero-order valence-corrected chi connectivity index (χ0v) is 10.3. The number of unbranched alkanes of at least 4 members (excludes halogenated alkanes) is 1. The molecular formula is C17H18. The lowest BCUT2D eigenvalue weighted by Crippen LogP contribution is -1.78. The summed E-state index contributed by atoms with van der Waals surface area (Å²) in [6.07, 6.45) is 6.80. The van der Waals surface area contributed by atoms with Gasteiger partial charge < -0.3 is 0 Å². The normalized spacial score (nSPS) is 10.9. The van der Waals surface area contributed by atoms with Crippen LogP contribution in [-0.4, -0.2) is 0 Å². The van der Waals surface area contributed by atoms with Crippen LogP contribution in [0.25, 0.3) is 17.2 Å². The van der Waals surface area contributed by atoms with E-state index in [2.05, 4.69) is 73.7 Å². The summed E-state index contributed by atoms with van der Waals surface area (Å²) >= 11 is 0. The molecule has 0 radical (unpaired) electrons. The minimum atomic E-state index is 1.15. The van der Waals surface area contributed by atoms with Crippen molar-refractivity contribution in [2.24, 2.45) is 0 Å². The summed E-state index contributed by atoms with van der Waals surface area (Å²) in [4.78, 5) is 0. The Hall–Kier alpha value is -1.82. The largest absolute Gasteiger partial charge is 0.0840 e. The van der Waals surface area contributed by atoms with Crippen molar-refractivity contribution in [1.82, 2.24) is 0 Å². The molecule has 0 fully saturated rings. The molecule has 86 valence electrons. The zero-order valence-electron chi connectivity index (χ0n) is 10.3. The molecule has 0 aliphatic carbocycles. The molecule has 0 unspecified atom stereocenters. The van der Waals surface area contributed by atoms with Crippen LogP contribution >= 0.6 is 0 Å². The fourth-order valence-electron chi connectivity index (χ4n) is 1.84. The van der Waals surface area contributed by atoms with Crippen LogP contribution in [0.2, 0.25) is 0 Å². The highest BCUT2D eigenvalue weighted by Crippen LogP contribution is 2.20. The van der Waals surface area contributed by atoms with E-state index in [0.29, 0.717) is 0 Å². The molecule has 0 nitrogen and oxygen atoms in total. The first-order chi connectivity index (χ1) is 8.40. The van der Waals surface area contributed by atoms with Gasteiger partial charge in [0.2, 0.25) is 0 Å². The van der Waals surface area contributed by atoms with Gasteiger partial charge in [0, 0.05) is 0 Å². The molecule has 0 bridgehead atoms. The number of allylic oxidation sites excluding steroid dienone is 1. The highest BCUT2D eigenvalue weighted by molar-refractivity contribution is 5.67. The maximum Gasteiger partial charge on any atom is -0.0178 e. The van der Waals surface area contributed by atoms with E-state index >= 15 is 0 Å². The van der Waals surface area contributed by atoms with E-state index in [1.165, 1.54) is 23.1 Å². The third-order valence-electron chi connectivity index (χ3n) is 2.76. The number of hydrogen-bond acceptors (Lipinski definition) is 0. The van der Waals surface area contributed by atoms with E-state index in [1.54, 1.807) is 0 Å². The summed E-state index contributed by atoms with van der Waals surface area (Å²) in [6, 6.07) is 19.2. The molecule has 2 aromatic carbocycles. The molecule has 0 heterocycles. The van der Waals surface area contributed by atoms with Gasteiger partial charge in [-0.3, -0.25) is 0 Å². The molecule has 2 rings (SSSR count). The van der Waals surface area contributed by atoms with Crippen molar-refractivity contribution in [1.29, 1.82) is 0 Å². The maximum absolute atomic E-state index is 2.24. The molecule has 0 spiro atoms. The fraction of sp³-hybridized carbons (Fsp3) is 0.176. The van der Waals surface area contributed by atoms with Gasteiger partial charge in [-0.2, -0.15) is 0 Å². The van der Waals surface area contributed by atoms with Gasteiger partial charge in [-0.1, -0.05) is 74.0 Å². The SMILES string of the molecule is CCC/C=C\c1cccc(-c2ccccc2)c1. The Balaban J connectivity index is 2.23. The van der Waals surface area contributed by atoms with Crippen LogP contribution in [0.1, 0.15) is 25.3 Å². The summed E-state index contributed by atoms with van der Waals surface area (Å²) in [5.74, 6) is 0. The van der Waals surface area contributed by atoms with E-state index in [-0.39, 0.29) is 0 Å². The van der Waals surface area contributed by atoms with Crippen LogP contribution < -0.4 is 0 Å². The van der Waals surface area contributed by atoms with Crippen molar-refractivity contribution in [3.05, 3.63) is 66.2 Å². The van der Waals surface area contributed by atoms with E-state index in [0.717, 1.165) is 6.42 Å². The molecule has 0 saturated carbocycles. The topological polar surface area (TPSA) is 0 Å². The van der Waals surface area contributed by atoms with E-state index < -0.39 is 0 Å². The van der Waals surface area contributed by atoms with E-state index in [9.17, 15) is 0 Å². The summed E-state index contributed by atoms with van der Waals surface area (Å²) in [7, 11) is 0. The Morgan fingerprint density at radius 2 is 1.65 bits per heavy atom. The third kappa shape index (κ3) is 3.32. The minimum absolute atomic E-state index is 1.15. The summed E-state index contributed by atoms with van der Waals surface area (Å²) in [5, 5.41) is 0. The van der Waals surface area contributed by atoms with Crippen LogP contribution in [0.15, 0.2) is 60.7 Å². The molecule has 0 aliphatic heterocycles. The molecular weight excluding hydrogens is 204 g/mol. The quantitative estimate of drug-likeness (QED) is 0.669. The second-order valence-electron chi connectivity index (χ2n) is 4.18. The summed E-state index contributed by atoms with van der Waals surface area (Å²) in [6.45, 7) is 2.20. The van der Waals surface area contributed by atoms with Crippen LogP contribution in [0, 0.1) is 0 Å². The first-order valence-electron chi connectivity index (χ1n) is 6.22. The Labute approximate surface area is 104 Å². The Kier molecular flexibility index (Phi) is 4.15. The fourth-order valence-corrected chi connectivity index (χ4v) is 1.84. The molecule has 0 heteroatoms. The molecule has 0 atom stereocenters. The number of rotatable bonds is 4. The van der Waals surface area contributed by atoms with E-state index in [1.807, 2.05) is 0 Å². The van der Waals surface area contributed by atoms with Gasteiger partial charge >= 0.3 is 0 Å². The second-order valence-corrected chi connectivity index (χ2v) is 4.18. The predicted octanol–water partition coefficient (Wildman–Crippen LogP) is 5.17. The highest BCUT2D eigenvalue weighted by atomic mass is 14.0. The molecule has 0 aromatic heterocycles. The zero-order chi connectivity index (χ0) is 11.9. The van der Waals surface area contributed by atoms with E-state index in [4.69, 9.17) is 0 Å². The van der Waals surface area contributed by atoms with Crippen LogP contribution in [0.4, 0.5) is 0 Å². The van der Waals surface area contributed by atoms with Crippen molar-refractivity contribution < 1.29 is 0 Å². The summed E-state index contributed by atoms with van der Waals surface area (Å²) < 4.78 is 0. The molecule has 2 aromatic rings. The van der Waals surface area contributed by atoms with Gasteiger partial charge in [-0.15, -0.1) is 0 Å². The average Bonchev–Trinajstić information content (AvgIpc) is 2.41. The van der Waals surface area contributed by atoms with Crippen LogP contribution in [0.3, 0.4) is 0 Å². The lowest BCUT2D eigenvalue weighted by molar-refractivity contribution is 0.962. The molecule has 0 amide bonds. The Morgan fingerprint density at radius 3 is 2.41 bits per heavy atom. The third-order valence-corrected chi connectivity index (χ3v) is 2.76. The number of benzene rings is 2. The predicted molar refractivity (Wildman–Crippen MR) is 75.8 cm³/mol. The Morgan fingerprint density at radius 1 is 0.882 bits per heavy atom. The van der Waals surface area contributed by atoms with Gasteiger partial charge in [0.25, 0.3) is 0 Å². The molecule has 0 saturated heterocycles. The maximum atomic E-state index is 2.24. The van der Waals surface area contributed by atoms with Crippen molar-refractivity contribution in [2.45, 2.75) is 19.8 Å². The van der Waals surface area contributed by atoms with Crippen molar-refractivity contribution in [3.8, 4) is 11.1 Å². The Bertz CT molecular complexity index is 480. The lowest BCUT2D eigenvalue weighted by Gasteiger charge is -2.02. The van der Waals surface area contributed by atoms with Gasteiger partial charge in [0.05, 0.1) is 0 Å². The smallest absolute Gasteiger partial charge is 0.0178 e. The van der Waals surface area contributed by atoms with Crippen molar-refractivity contribution in [3.63, 3.8) is 0 Å². The first kappa shape index (κ1) is 11.7. The molecule has 17 heavy (non-hydrogen) atoms.